The van der Waals surface area contributed by atoms with Gasteiger partial charge in [0.05, 0.1) is 5.56 Å². The zero-order chi connectivity index (χ0) is 12.9. The smallest absolute Gasteiger partial charge is 0.416 e. The molecule has 0 aliphatic rings. The van der Waals surface area contributed by atoms with Crippen LogP contribution in [0.4, 0.5) is 13.2 Å². The largest absolute Gasteiger partial charge is 0.507 e. The molecule has 0 atom stereocenters. The van der Waals surface area contributed by atoms with Crippen LogP contribution in [0.2, 0.25) is 0 Å². The molecule has 0 bridgehead atoms. The Bertz CT molecular complexity index is 399. The molecule has 5 heteroatoms. The van der Waals surface area contributed by atoms with Gasteiger partial charge in [-0.15, -0.1) is 0 Å². The summed E-state index contributed by atoms with van der Waals surface area (Å²) in [5.74, 6) is -0.361. The van der Waals surface area contributed by atoms with Gasteiger partial charge in [0.1, 0.15) is 5.75 Å². The molecule has 2 nitrogen and oxygen atoms in total. The van der Waals surface area contributed by atoms with Crippen LogP contribution in [0.15, 0.2) is 24.3 Å². The van der Waals surface area contributed by atoms with Gasteiger partial charge in [0.15, 0.2) is 0 Å². The average molecular weight is 245 g/mol. The summed E-state index contributed by atoms with van der Waals surface area (Å²) >= 11 is 0. The van der Waals surface area contributed by atoms with Crippen LogP contribution in [-0.4, -0.2) is 18.7 Å². The van der Waals surface area contributed by atoms with Gasteiger partial charge in [-0.25, -0.2) is 0 Å². The Morgan fingerprint density at radius 2 is 2.06 bits per heavy atom. The molecule has 0 saturated carbocycles. The number of halogens is 3. The van der Waals surface area contributed by atoms with Gasteiger partial charge in [-0.3, -0.25) is 0 Å². The summed E-state index contributed by atoms with van der Waals surface area (Å²) in [6, 6.07) is 2.95. The molecule has 0 fully saturated rings. The van der Waals surface area contributed by atoms with Crippen molar-refractivity contribution in [2.24, 2.45) is 0 Å². The lowest BCUT2D eigenvalue weighted by Crippen LogP contribution is -2.05. The molecule has 1 rings (SSSR count). The van der Waals surface area contributed by atoms with Crippen molar-refractivity contribution < 1.29 is 18.3 Å². The molecule has 0 aromatic heterocycles. The van der Waals surface area contributed by atoms with Crippen molar-refractivity contribution in [1.82, 2.24) is 5.32 Å². The standard InChI is InChI=1S/C12H14F3NO/c1-16-7-3-2-4-9-5-6-10(8-11(9)17)12(13,14)15/h2,4-6,8,16-17H,3,7H2,1H3. The zero-order valence-corrected chi connectivity index (χ0v) is 9.38. The third-order valence-electron chi connectivity index (χ3n) is 2.22. The molecule has 0 spiro atoms. The summed E-state index contributed by atoms with van der Waals surface area (Å²) in [6.45, 7) is 0.776. The first-order valence-electron chi connectivity index (χ1n) is 5.16. The molecule has 94 valence electrons. The predicted molar refractivity (Wildman–Crippen MR) is 60.7 cm³/mol. The van der Waals surface area contributed by atoms with Crippen molar-refractivity contribution >= 4 is 6.08 Å². The number of benzene rings is 1. The first kappa shape index (κ1) is 13.6. The van der Waals surface area contributed by atoms with E-state index in [1.165, 1.54) is 6.07 Å². The molecule has 0 amide bonds. The number of aromatic hydroxyl groups is 1. The van der Waals surface area contributed by atoms with Gasteiger partial charge in [0, 0.05) is 5.56 Å². The number of hydrogen-bond donors (Lipinski definition) is 2. The molecule has 1 aromatic carbocycles. The molecule has 0 heterocycles. The minimum absolute atomic E-state index is 0.361. The first-order chi connectivity index (χ1) is 7.95. The molecule has 0 radical (unpaired) electrons. The summed E-state index contributed by atoms with van der Waals surface area (Å²) in [5, 5.41) is 12.4. The van der Waals surface area contributed by atoms with Crippen molar-refractivity contribution in [1.29, 1.82) is 0 Å². The summed E-state index contributed by atoms with van der Waals surface area (Å²) in [4.78, 5) is 0. The first-order valence-corrected chi connectivity index (χ1v) is 5.16. The molecule has 0 aliphatic carbocycles. The van der Waals surface area contributed by atoms with Crippen LogP contribution in [0.3, 0.4) is 0 Å². The van der Waals surface area contributed by atoms with E-state index in [-0.39, 0.29) is 5.75 Å². The predicted octanol–water partition coefficient (Wildman–Crippen LogP) is 3.03. The van der Waals surface area contributed by atoms with Crippen molar-refractivity contribution in [3.63, 3.8) is 0 Å². The number of rotatable bonds is 4. The van der Waals surface area contributed by atoms with E-state index in [1.807, 2.05) is 7.05 Å². The Kier molecular flexibility index (Phi) is 4.57. The van der Waals surface area contributed by atoms with Crippen LogP contribution in [0.1, 0.15) is 17.5 Å². The number of phenols is 1. The van der Waals surface area contributed by atoms with Gasteiger partial charge in [0.25, 0.3) is 0 Å². The third-order valence-corrected chi connectivity index (χ3v) is 2.22. The molecule has 2 N–H and O–H groups in total. The van der Waals surface area contributed by atoms with Gasteiger partial charge in [-0.2, -0.15) is 13.2 Å². The Hall–Kier alpha value is -1.49. The Labute approximate surface area is 97.8 Å². The van der Waals surface area contributed by atoms with E-state index in [0.717, 1.165) is 25.1 Å². The Balaban J connectivity index is 2.80. The van der Waals surface area contributed by atoms with Crippen molar-refractivity contribution in [3.05, 3.63) is 35.4 Å². The minimum atomic E-state index is -4.42. The zero-order valence-electron chi connectivity index (χ0n) is 9.38. The lowest BCUT2D eigenvalue weighted by atomic mass is 10.1. The lowest BCUT2D eigenvalue weighted by molar-refractivity contribution is -0.137. The van der Waals surface area contributed by atoms with Gasteiger partial charge in [-0.1, -0.05) is 18.2 Å². The Morgan fingerprint density at radius 1 is 1.35 bits per heavy atom. The van der Waals surface area contributed by atoms with E-state index in [1.54, 1.807) is 12.2 Å². The van der Waals surface area contributed by atoms with Crippen LogP contribution in [0.25, 0.3) is 6.08 Å². The van der Waals surface area contributed by atoms with Crippen molar-refractivity contribution in [2.75, 3.05) is 13.6 Å². The number of phenolic OH excluding ortho intramolecular Hbond substituents is 1. The monoisotopic (exact) mass is 245 g/mol. The second-order valence-corrected chi connectivity index (χ2v) is 3.57. The highest BCUT2D eigenvalue weighted by atomic mass is 19.4. The number of hydrogen-bond acceptors (Lipinski definition) is 2. The third kappa shape index (κ3) is 4.11. The summed E-state index contributed by atoms with van der Waals surface area (Å²) in [5.41, 5.74) is -0.462. The lowest BCUT2D eigenvalue weighted by Gasteiger charge is -2.08. The maximum Gasteiger partial charge on any atom is 0.416 e. The molecular weight excluding hydrogens is 231 g/mol. The molecular formula is C12H14F3NO. The molecule has 17 heavy (non-hydrogen) atoms. The fraction of sp³-hybridized carbons (Fsp3) is 0.333. The van der Waals surface area contributed by atoms with E-state index in [0.29, 0.717) is 5.56 Å². The number of alkyl halides is 3. The van der Waals surface area contributed by atoms with Gasteiger partial charge >= 0.3 is 6.18 Å². The highest BCUT2D eigenvalue weighted by molar-refractivity contribution is 5.57. The summed E-state index contributed by atoms with van der Waals surface area (Å²) in [6.07, 6.45) is -0.283. The van der Waals surface area contributed by atoms with E-state index < -0.39 is 11.7 Å². The second kappa shape index (κ2) is 5.72. The van der Waals surface area contributed by atoms with Crippen LogP contribution < -0.4 is 5.32 Å². The maximum absolute atomic E-state index is 12.3. The number of nitrogens with one attached hydrogen (secondary N) is 1. The minimum Gasteiger partial charge on any atom is -0.507 e. The van der Waals surface area contributed by atoms with Crippen molar-refractivity contribution in [3.8, 4) is 5.75 Å². The van der Waals surface area contributed by atoms with Gasteiger partial charge in [-0.05, 0) is 32.1 Å². The topological polar surface area (TPSA) is 32.3 Å². The fourth-order valence-electron chi connectivity index (χ4n) is 1.30. The SMILES string of the molecule is CNCCC=Cc1ccc(C(F)(F)F)cc1O. The van der Waals surface area contributed by atoms with Crippen LogP contribution in [-0.2, 0) is 6.18 Å². The van der Waals surface area contributed by atoms with Crippen LogP contribution >= 0.6 is 0 Å². The van der Waals surface area contributed by atoms with Crippen molar-refractivity contribution in [2.45, 2.75) is 12.6 Å². The quantitative estimate of drug-likeness (QED) is 0.799. The normalized spacial score (nSPS) is 12.2. The van der Waals surface area contributed by atoms with E-state index in [2.05, 4.69) is 5.32 Å². The van der Waals surface area contributed by atoms with Gasteiger partial charge < -0.3 is 10.4 Å². The van der Waals surface area contributed by atoms with E-state index in [4.69, 9.17) is 0 Å². The summed E-state index contributed by atoms with van der Waals surface area (Å²) in [7, 11) is 1.81. The van der Waals surface area contributed by atoms with E-state index in [9.17, 15) is 18.3 Å². The molecule has 0 aliphatic heterocycles. The highest BCUT2D eigenvalue weighted by Gasteiger charge is 2.30. The van der Waals surface area contributed by atoms with Gasteiger partial charge in [0.2, 0.25) is 0 Å². The fourth-order valence-corrected chi connectivity index (χ4v) is 1.30. The average Bonchev–Trinajstić information content (AvgIpc) is 2.24. The summed E-state index contributed by atoms with van der Waals surface area (Å²) < 4.78 is 36.9. The molecule has 0 unspecified atom stereocenters. The van der Waals surface area contributed by atoms with E-state index >= 15 is 0 Å². The highest BCUT2D eigenvalue weighted by Crippen LogP contribution is 2.32. The van der Waals surface area contributed by atoms with Crippen LogP contribution in [0.5, 0.6) is 5.75 Å². The second-order valence-electron chi connectivity index (χ2n) is 3.57. The van der Waals surface area contributed by atoms with Crippen LogP contribution in [0, 0.1) is 0 Å². The Morgan fingerprint density at radius 3 is 2.59 bits per heavy atom. The molecule has 1 aromatic rings. The maximum atomic E-state index is 12.3. The molecule has 0 saturated heterocycles.